The highest BCUT2D eigenvalue weighted by atomic mass is 32.1. The molecular formula is C11H14N2O5S. The van der Waals surface area contributed by atoms with Crippen molar-refractivity contribution in [3.63, 3.8) is 0 Å². The zero-order valence-corrected chi connectivity index (χ0v) is 11.4. The molecule has 0 spiro atoms. The van der Waals surface area contributed by atoms with Crippen LogP contribution in [-0.2, 0) is 25.8 Å². The molecule has 1 saturated heterocycles. The molecule has 0 aromatic carbocycles. The van der Waals surface area contributed by atoms with Crippen LogP contribution >= 0.6 is 11.3 Å². The van der Waals surface area contributed by atoms with Gasteiger partial charge in [-0.1, -0.05) is 18.9 Å². The number of ether oxygens (including phenoxy) is 1. The Balaban J connectivity index is 0.000000861. The second-order valence-electron chi connectivity index (χ2n) is 3.18. The average Bonchev–Trinajstić information content (AvgIpc) is 3.04. The molecule has 1 aromatic heterocycles. The van der Waals surface area contributed by atoms with Crippen LogP contribution in [0.4, 0.5) is 4.79 Å². The highest BCUT2D eigenvalue weighted by Crippen LogP contribution is 2.13. The number of carbonyl (C=O) groups excluding carboxylic acids is 3. The standard InChI is InChI=1S/C9H8N2O5S.C2H6/c12-7-1-2-8(13)11(7)16-9(14)15-4-6-3-10-5-17-6;1-2/h3,5H,1-2,4H2;1-2H3. The summed E-state index contributed by atoms with van der Waals surface area (Å²) < 4.78 is 4.71. The summed E-state index contributed by atoms with van der Waals surface area (Å²) in [4.78, 5) is 42.4. The highest BCUT2D eigenvalue weighted by molar-refractivity contribution is 7.09. The number of rotatable bonds is 3. The molecule has 0 N–H and O–H groups in total. The first-order valence-electron chi connectivity index (χ1n) is 5.74. The van der Waals surface area contributed by atoms with Gasteiger partial charge in [-0.25, -0.2) is 4.79 Å². The van der Waals surface area contributed by atoms with E-state index in [9.17, 15) is 14.4 Å². The lowest BCUT2D eigenvalue weighted by molar-refractivity contribution is -0.177. The van der Waals surface area contributed by atoms with Crippen molar-refractivity contribution >= 4 is 29.3 Å². The Labute approximate surface area is 114 Å². The second kappa shape index (κ2) is 7.47. The summed E-state index contributed by atoms with van der Waals surface area (Å²) in [5.41, 5.74) is 1.59. The van der Waals surface area contributed by atoms with E-state index in [0.29, 0.717) is 5.06 Å². The second-order valence-corrected chi connectivity index (χ2v) is 4.15. The van der Waals surface area contributed by atoms with Gasteiger partial charge in [-0.2, -0.15) is 0 Å². The van der Waals surface area contributed by atoms with Crippen molar-refractivity contribution in [3.8, 4) is 0 Å². The van der Waals surface area contributed by atoms with Crippen molar-refractivity contribution in [2.24, 2.45) is 0 Å². The van der Waals surface area contributed by atoms with Gasteiger partial charge in [0.2, 0.25) is 0 Å². The van der Waals surface area contributed by atoms with Crippen LogP contribution in [0, 0.1) is 0 Å². The molecule has 1 aliphatic rings. The van der Waals surface area contributed by atoms with E-state index in [0.717, 1.165) is 4.88 Å². The molecule has 2 heterocycles. The molecule has 0 unspecified atom stereocenters. The van der Waals surface area contributed by atoms with Crippen LogP contribution < -0.4 is 0 Å². The van der Waals surface area contributed by atoms with E-state index < -0.39 is 18.0 Å². The largest absolute Gasteiger partial charge is 0.534 e. The maximum absolute atomic E-state index is 11.2. The van der Waals surface area contributed by atoms with E-state index in [2.05, 4.69) is 9.82 Å². The van der Waals surface area contributed by atoms with Crippen LogP contribution in [0.15, 0.2) is 11.7 Å². The number of hydroxylamine groups is 2. The molecule has 0 atom stereocenters. The van der Waals surface area contributed by atoms with Crippen LogP contribution in [0.2, 0.25) is 0 Å². The van der Waals surface area contributed by atoms with Crippen molar-refractivity contribution in [3.05, 3.63) is 16.6 Å². The average molecular weight is 286 g/mol. The van der Waals surface area contributed by atoms with E-state index in [1.54, 1.807) is 11.7 Å². The summed E-state index contributed by atoms with van der Waals surface area (Å²) in [6.45, 7) is 4.00. The van der Waals surface area contributed by atoms with E-state index >= 15 is 0 Å². The Morgan fingerprint density at radius 3 is 2.53 bits per heavy atom. The first-order valence-corrected chi connectivity index (χ1v) is 6.62. The number of hydrogen-bond donors (Lipinski definition) is 0. The Morgan fingerprint density at radius 2 is 2.00 bits per heavy atom. The van der Waals surface area contributed by atoms with Crippen LogP contribution in [0.25, 0.3) is 0 Å². The lowest BCUT2D eigenvalue weighted by Gasteiger charge is -2.11. The molecule has 1 aromatic rings. The number of aromatic nitrogens is 1. The summed E-state index contributed by atoms with van der Waals surface area (Å²) in [6, 6.07) is 0. The van der Waals surface area contributed by atoms with Crippen molar-refractivity contribution in [1.29, 1.82) is 0 Å². The molecule has 104 valence electrons. The molecule has 0 aliphatic carbocycles. The predicted molar refractivity (Wildman–Crippen MR) is 65.8 cm³/mol. The molecule has 2 rings (SSSR count). The number of carbonyl (C=O) groups is 3. The maximum atomic E-state index is 11.2. The van der Waals surface area contributed by atoms with Crippen molar-refractivity contribution < 1.29 is 24.0 Å². The predicted octanol–water partition coefficient (Wildman–Crippen LogP) is 1.89. The number of thiazole rings is 1. The monoisotopic (exact) mass is 286 g/mol. The lowest BCUT2D eigenvalue weighted by atomic mass is 10.4. The van der Waals surface area contributed by atoms with E-state index in [1.165, 1.54) is 11.3 Å². The molecule has 7 nitrogen and oxygen atoms in total. The third kappa shape index (κ3) is 4.32. The van der Waals surface area contributed by atoms with E-state index in [1.807, 2.05) is 13.8 Å². The van der Waals surface area contributed by atoms with Gasteiger partial charge in [-0.05, 0) is 0 Å². The Hall–Kier alpha value is -1.96. The van der Waals surface area contributed by atoms with Gasteiger partial charge in [0.05, 0.1) is 10.4 Å². The van der Waals surface area contributed by atoms with Crippen LogP contribution in [-0.4, -0.2) is 28.0 Å². The zero-order chi connectivity index (χ0) is 14.3. The Bertz CT molecular complexity index is 430. The van der Waals surface area contributed by atoms with E-state index in [4.69, 9.17) is 4.74 Å². The van der Waals surface area contributed by atoms with Crippen molar-refractivity contribution in [1.82, 2.24) is 10.0 Å². The Kier molecular flexibility index (Phi) is 5.94. The molecule has 1 aliphatic heterocycles. The van der Waals surface area contributed by atoms with Crippen LogP contribution in [0.3, 0.4) is 0 Å². The fourth-order valence-corrected chi connectivity index (χ4v) is 1.71. The first kappa shape index (κ1) is 15.1. The van der Waals surface area contributed by atoms with E-state index in [-0.39, 0.29) is 19.4 Å². The SMILES string of the molecule is CC.O=C(OCc1cncs1)ON1C(=O)CCC1=O. The molecular weight excluding hydrogens is 272 g/mol. The summed E-state index contributed by atoms with van der Waals surface area (Å²) in [5, 5.41) is 0.439. The van der Waals surface area contributed by atoms with Gasteiger partial charge in [0.15, 0.2) is 0 Å². The van der Waals surface area contributed by atoms with Gasteiger partial charge in [-0.3, -0.25) is 19.4 Å². The Morgan fingerprint density at radius 1 is 1.37 bits per heavy atom. The normalized spacial score (nSPS) is 13.9. The molecule has 0 saturated carbocycles. The summed E-state index contributed by atoms with van der Waals surface area (Å²) in [5.74, 6) is -1.07. The third-order valence-electron chi connectivity index (χ3n) is 1.99. The quantitative estimate of drug-likeness (QED) is 0.623. The smallest absolute Gasteiger partial charge is 0.427 e. The van der Waals surface area contributed by atoms with Gasteiger partial charge >= 0.3 is 6.16 Å². The van der Waals surface area contributed by atoms with Gasteiger partial charge in [-0.15, -0.1) is 11.3 Å². The molecule has 1 fully saturated rings. The highest BCUT2D eigenvalue weighted by Gasteiger charge is 2.33. The fourth-order valence-electron chi connectivity index (χ4n) is 1.20. The number of hydrogen-bond acceptors (Lipinski definition) is 7. The maximum Gasteiger partial charge on any atom is 0.534 e. The number of amides is 2. The minimum Gasteiger partial charge on any atom is -0.427 e. The van der Waals surface area contributed by atoms with Gasteiger partial charge in [0, 0.05) is 19.0 Å². The van der Waals surface area contributed by atoms with Gasteiger partial charge in [0.25, 0.3) is 11.8 Å². The van der Waals surface area contributed by atoms with Gasteiger partial charge in [0.1, 0.15) is 6.61 Å². The third-order valence-corrected chi connectivity index (χ3v) is 2.74. The molecule has 19 heavy (non-hydrogen) atoms. The molecule has 8 heteroatoms. The van der Waals surface area contributed by atoms with Crippen LogP contribution in [0.5, 0.6) is 0 Å². The summed E-state index contributed by atoms with van der Waals surface area (Å²) in [6.07, 6.45) is 0.577. The topological polar surface area (TPSA) is 85.8 Å². The molecule has 2 amide bonds. The lowest BCUT2D eigenvalue weighted by Crippen LogP contribution is -2.32. The van der Waals surface area contributed by atoms with Crippen molar-refractivity contribution in [2.45, 2.75) is 33.3 Å². The van der Waals surface area contributed by atoms with Gasteiger partial charge < -0.3 is 4.74 Å². The number of nitrogens with zero attached hydrogens (tertiary/aromatic N) is 2. The minimum absolute atomic E-state index is 0.000277. The van der Waals surface area contributed by atoms with Crippen molar-refractivity contribution in [2.75, 3.05) is 0 Å². The van der Waals surface area contributed by atoms with Crippen LogP contribution in [0.1, 0.15) is 31.6 Å². The summed E-state index contributed by atoms with van der Waals surface area (Å²) in [7, 11) is 0. The fraction of sp³-hybridized carbons (Fsp3) is 0.455. The minimum atomic E-state index is -1.08. The first-order chi connectivity index (χ1) is 9.16. The number of imide groups is 1. The summed E-state index contributed by atoms with van der Waals surface area (Å²) >= 11 is 1.32. The molecule has 0 radical (unpaired) electrons. The molecule has 0 bridgehead atoms. The zero-order valence-electron chi connectivity index (χ0n) is 10.6.